The number of nitrogens with zero attached hydrogens (tertiary/aromatic N) is 4. The third-order valence-corrected chi connectivity index (χ3v) is 4.33. The quantitative estimate of drug-likeness (QED) is 0.588. The minimum Gasteiger partial charge on any atom is -0.335 e. The molecule has 0 radical (unpaired) electrons. The summed E-state index contributed by atoms with van der Waals surface area (Å²) in [5, 5.41) is 11.8. The molecule has 0 bridgehead atoms. The first-order valence-corrected chi connectivity index (χ1v) is 8.72. The molecule has 3 aromatic heterocycles. The number of rotatable bonds is 4. The van der Waals surface area contributed by atoms with Gasteiger partial charge >= 0.3 is 0 Å². The molecule has 0 saturated carbocycles. The van der Waals surface area contributed by atoms with Crippen LogP contribution in [0.25, 0.3) is 22.4 Å². The first-order valence-electron chi connectivity index (χ1n) is 8.72. The molecule has 0 unspecified atom stereocenters. The molecule has 4 rings (SSSR count). The van der Waals surface area contributed by atoms with Gasteiger partial charge in [0.05, 0.1) is 28.5 Å². The fourth-order valence-corrected chi connectivity index (χ4v) is 3.04. The molecule has 1 N–H and O–H groups in total. The molecule has 0 saturated heterocycles. The summed E-state index contributed by atoms with van der Waals surface area (Å²) in [6, 6.07) is 13.3. The van der Waals surface area contributed by atoms with Crippen LogP contribution in [0.2, 0.25) is 0 Å². The first-order chi connectivity index (χ1) is 13.0. The number of hydrogen-bond acceptors (Lipinski definition) is 5. The summed E-state index contributed by atoms with van der Waals surface area (Å²) in [5.74, 6) is 0.378. The Kier molecular flexibility index (Phi) is 4.19. The third kappa shape index (κ3) is 3.08. The van der Waals surface area contributed by atoms with Crippen LogP contribution in [0.4, 0.5) is 5.82 Å². The maximum Gasteiger partial charge on any atom is 0.259 e. The zero-order chi connectivity index (χ0) is 19.0. The molecule has 0 aliphatic rings. The Morgan fingerprint density at radius 1 is 1.19 bits per heavy atom. The SMILES string of the molecule is Cc1noc2nc(-c3ccccc3)cc(C(=O)Nc3ccnn3C(C)C)c12. The fraction of sp³-hybridized carbons (Fsp3) is 0.200. The van der Waals surface area contributed by atoms with Crippen molar-refractivity contribution in [1.82, 2.24) is 19.9 Å². The molecular formula is C20H19N5O2. The van der Waals surface area contributed by atoms with Gasteiger partial charge < -0.3 is 9.84 Å². The monoisotopic (exact) mass is 361 g/mol. The Labute approximate surface area is 156 Å². The van der Waals surface area contributed by atoms with Gasteiger partial charge in [0, 0.05) is 17.7 Å². The fourth-order valence-electron chi connectivity index (χ4n) is 3.04. The van der Waals surface area contributed by atoms with Crippen molar-refractivity contribution in [3.63, 3.8) is 0 Å². The lowest BCUT2D eigenvalue weighted by atomic mass is 10.1. The average molecular weight is 361 g/mol. The Bertz CT molecular complexity index is 1110. The lowest BCUT2D eigenvalue weighted by Gasteiger charge is -2.12. The van der Waals surface area contributed by atoms with E-state index in [9.17, 15) is 4.79 Å². The smallest absolute Gasteiger partial charge is 0.259 e. The maximum absolute atomic E-state index is 13.1. The van der Waals surface area contributed by atoms with E-state index in [1.165, 1.54) is 0 Å². The molecule has 7 heteroatoms. The Balaban J connectivity index is 1.81. The highest BCUT2D eigenvalue weighted by Gasteiger charge is 2.20. The molecule has 0 fully saturated rings. The molecule has 1 amide bonds. The number of amides is 1. The van der Waals surface area contributed by atoms with E-state index in [4.69, 9.17) is 4.52 Å². The normalized spacial score (nSPS) is 11.3. The lowest BCUT2D eigenvalue weighted by Crippen LogP contribution is -2.17. The summed E-state index contributed by atoms with van der Waals surface area (Å²) in [6.45, 7) is 5.81. The van der Waals surface area contributed by atoms with Gasteiger partial charge in [0.15, 0.2) is 0 Å². The van der Waals surface area contributed by atoms with Crippen molar-refractivity contribution in [3.8, 4) is 11.3 Å². The number of aryl methyl sites for hydroxylation is 1. The van der Waals surface area contributed by atoms with Crippen molar-refractivity contribution in [2.24, 2.45) is 0 Å². The van der Waals surface area contributed by atoms with Crippen LogP contribution in [0.15, 0.2) is 53.2 Å². The van der Waals surface area contributed by atoms with Crippen LogP contribution in [-0.2, 0) is 0 Å². The summed E-state index contributed by atoms with van der Waals surface area (Å²) in [4.78, 5) is 17.6. The van der Waals surface area contributed by atoms with Crippen LogP contribution >= 0.6 is 0 Å². The van der Waals surface area contributed by atoms with Crippen LogP contribution in [0.5, 0.6) is 0 Å². The van der Waals surface area contributed by atoms with Crippen molar-refractivity contribution in [2.45, 2.75) is 26.8 Å². The van der Waals surface area contributed by atoms with Crippen LogP contribution in [0.3, 0.4) is 0 Å². The van der Waals surface area contributed by atoms with E-state index < -0.39 is 0 Å². The second kappa shape index (κ2) is 6.68. The molecule has 136 valence electrons. The lowest BCUT2D eigenvalue weighted by molar-refractivity contribution is 0.102. The number of carbonyl (C=O) groups is 1. The van der Waals surface area contributed by atoms with Crippen LogP contribution in [-0.4, -0.2) is 25.8 Å². The predicted octanol–water partition coefficient (Wildman–Crippen LogP) is 4.23. The van der Waals surface area contributed by atoms with Crippen LogP contribution in [0, 0.1) is 6.92 Å². The van der Waals surface area contributed by atoms with Crippen molar-refractivity contribution in [2.75, 3.05) is 5.32 Å². The molecule has 3 heterocycles. The summed E-state index contributed by atoms with van der Waals surface area (Å²) in [5.41, 5.74) is 2.99. The minimum atomic E-state index is -0.256. The van der Waals surface area contributed by atoms with E-state index in [1.807, 2.05) is 44.2 Å². The van der Waals surface area contributed by atoms with Gasteiger partial charge in [-0.3, -0.25) is 4.79 Å². The topological polar surface area (TPSA) is 85.8 Å². The molecule has 7 nitrogen and oxygen atoms in total. The summed E-state index contributed by atoms with van der Waals surface area (Å²) < 4.78 is 7.10. The van der Waals surface area contributed by atoms with Crippen molar-refractivity contribution < 1.29 is 9.32 Å². The molecule has 0 aliphatic heterocycles. The number of hydrogen-bond donors (Lipinski definition) is 1. The van der Waals surface area contributed by atoms with E-state index in [-0.39, 0.29) is 11.9 Å². The van der Waals surface area contributed by atoms with Gasteiger partial charge in [0.1, 0.15) is 5.82 Å². The van der Waals surface area contributed by atoms with Crippen molar-refractivity contribution >= 4 is 22.8 Å². The Morgan fingerprint density at radius 3 is 2.70 bits per heavy atom. The second-order valence-corrected chi connectivity index (χ2v) is 6.58. The summed E-state index contributed by atoms with van der Waals surface area (Å²) >= 11 is 0. The number of carbonyl (C=O) groups excluding carboxylic acids is 1. The molecule has 0 spiro atoms. The van der Waals surface area contributed by atoms with Crippen molar-refractivity contribution in [1.29, 1.82) is 0 Å². The van der Waals surface area contributed by atoms with E-state index in [1.54, 1.807) is 29.9 Å². The summed E-state index contributed by atoms with van der Waals surface area (Å²) in [6.07, 6.45) is 1.66. The number of fused-ring (bicyclic) bond motifs is 1. The van der Waals surface area contributed by atoms with Gasteiger partial charge in [-0.2, -0.15) is 5.10 Å². The highest BCUT2D eigenvalue weighted by molar-refractivity contribution is 6.12. The summed E-state index contributed by atoms with van der Waals surface area (Å²) in [7, 11) is 0. The molecule has 27 heavy (non-hydrogen) atoms. The van der Waals surface area contributed by atoms with Gasteiger partial charge in [-0.25, -0.2) is 9.67 Å². The highest BCUT2D eigenvalue weighted by atomic mass is 16.5. The number of benzene rings is 1. The molecule has 0 atom stereocenters. The van der Waals surface area contributed by atoms with Gasteiger partial charge in [-0.1, -0.05) is 35.5 Å². The number of nitrogens with one attached hydrogen (secondary N) is 1. The average Bonchev–Trinajstić information content (AvgIpc) is 3.28. The zero-order valence-electron chi connectivity index (χ0n) is 15.3. The number of aromatic nitrogens is 4. The van der Waals surface area contributed by atoms with Gasteiger partial charge in [0.25, 0.3) is 11.6 Å². The van der Waals surface area contributed by atoms with Crippen LogP contribution in [0.1, 0.15) is 35.9 Å². The minimum absolute atomic E-state index is 0.130. The maximum atomic E-state index is 13.1. The third-order valence-electron chi connectivity index (χ3n) is 4.33. The Hall–Kier alpha value is -3.48. The largest absolute Gasteiger partial charge is 0.335 e. The van der Waals surface area contributed by atoms with Gasteiger partial charge in [-0.05, 0) is 26.8 Å². The highest BCUT2D eigenvalue weighted by Crippen LogP contribution is 2.27. The molecule has 0 aliphatic carbocycles. The first kappa shape index (κ1) is 17.0. The van der Waals surface area contributed by atoms with Crippen LogP contribution < -0.4 is 5.32 Å². The zero-order valence-corrected chi connectivity index (χ0v) is 15.3. The van der Waals surface area contributed by atoms with Gasteiger partial charge in [0.2, 0.25) is 0 Å². The molecule has 4 aromatic rings. The van der Waals surface area contributed by atoms with E-state index >= 15 is 0 Å². The van der Waals surface area contributed by atoms with Crippen molar-refractivity contribution in [3.05, 3.63) is 59.9 Å². The van der Waals surface area contributed by atoms with E-state index in [0.29, 0.717) is 33.9 Å². The predicted molar refractivity (Wildman–Crippen MR) is 103 cm³/mol. The van der Waals surface area contributed by atoms with E-state index in [0.717, 1.165) is 5.56 Å². The molecular weight excluding hydrogens is 342 g/mol. The standard InChI is InChI=1S/C20H19N5O2/c1-12(2)25-17(9-10-21-25)23-19(26)15-11-16(14-7-5-4-6-8-14)22-20-18(15)13(3)24-27-20/h4-12H,1-3H3,(H,23,26). The number of pyridine rings is 1. The van der Waals surface area contributed by atoms with Gasteiger partial charge in [-0.15, -0.1) is 0 Å². The second-order valence-electron chi connectivity index (χ2n) is 6.58. The molecule has 1 aromatic carbocycles. The number of anilines is 1. The Morgan fingerprint density at radius 2 is 1.96 bits per heavy atom. The van der Waals surface area contributed by atoms with E-state index in [2.05, 4.69) is 20.6 Å².